The van der Waals surface area contributed by atoms with Gasteiger partial charge in [-0.1, -0.05) is 0 Å². The minimum Gasteiger partial charge on any atom is -0.379 e. The fourth-order valence-electron chi connectivity index (χ4n) is 2.60. The molecular formula is C14H25N5O2. The number of ether oxygens (including phenoxy) is 1. The summed E-state index contributed by atoms with van der Waals surface area (Å²) in [5.74, 6) is -0.149. The van der Waals surface area contributed by atoms with Crippen molar-refractivity contribution in [3.05, 3.63) is 17.0 Å². The van der Waals surface area contributed by atoms with Crippen molar-refractivity contribution < 1.29 is 9.53 Å². The van der Waals surface area contributed by atoms with E-state index in [4.69, 9.17) is 10.5 Å². The quantitative estimate of drug-likeness (QED) is 0.635. The van der Waals surface area contributed by atoms with Gasteiger partial charge in [-0.25, -0.2) is 0 Å². The first-order valence-electron chi connectivity index (χ1n) is 7.44. The predicted molar refractivity (Wildman–Crippen MR) is 79.9 cm³/mol. The fraction of sp³-hybridized carbons (Fsp3) is 0.714. The molecule has 0 saturated carbocycles. The van der Waals surface area contributed by atoms with E-state index in [0.717, 1.165) is 56.2 Å². The van der Waals surface area contributed by atoms with Crippen molar-refractivity contribution >= 4 is 5.91 Å². The molecule has 0 aromatic carbocycles. The van der Waals surface area contributed by atoms with E-state index in [0.29, 0.717) is 6.54 Å². The lowest BCUT2D eigenvalue weighted by Gasteiger charge is -2.26. The zero-order valence-electron chi connectivity index (χ0n) is 12.8. The lowest BCUT2D eigenvalue weighted by Crippen LogP contribution is -2.39. The summed E-state index contributed by atoms with van der Waals surface area (Å²) in [4.78, 5) is 14.4. The van der Waals surface area contributed by atoms with Crippen molar-refractivity contribution in [2.75, 3.05) is 39.4 Å². The van der Waals surface area contributed by atoms with E-state index in [-0.39, 0.29) is 5.91 Å². The molecule has 118 valence electrons. The standard InChI is InChI=1S/C14H25N5O2/c1-10-12(11(2)18-17-10)13(15)14(20)16-4-3-5-19-6-8-21-9-7-19/h13H,3-9,15H2,1-2H3,(H,16,20)(H,17,18). The summed E-state index contributed by atoms with van der Waals surface area (Å²) >= 11 is 0. The first-order chi connectivity index (χ1) is 10.1. The lowest BCUT2D eigenvalue weighted by atomic mass is 10.1. The molecule has 2 heterocycles. The third-order valence-corrected chi connectivity index (χ3v) is 3.83. The summed E-state index contributed by atoms with van der Waals surface area (Å²) in [5.41, 5.74) is 8.43. The highest BCUT2D eigenvalue weighted by Crippen LogP contribution is 2.17. The normalized spacial score (nSPS) is 17.7. The monoisotopic (exact) mass is 295 g/mol. The molecule has 4 N–H and O–H groups in total. The van der Waals surface area contributed by atoms with Crippen LogP contribution in [0.2, 0.25) is 0 Å². The average molecular weight is 295 g/mol. The Morgan fingerprint density at radius 3 is 2.81 bits per heavy atom. The first-order valence-corrected chi connectivity index (χ1v) is 7.44. The molecule has 7 nitrogen and oxygen atoms in total. The minimum absolute atomic E-state index is 0.149. The summed E-state index contributed by atoms with van der Waals surface area (Å²) in [7, 11) is 0. The molecule has 1 amide bonds. The Hall–Kier alpha value is -1.44. The SMILES string of the molecule is Cc1n[nH]c(C)c1C(N)C(=O)NCCCN1CCOCC1. The van der Waals surface area contributed by atoms with Crippen molar-refractivity contribution in [2.24, 2.45) is 5.73 Å². The maximum absolute atomic E-state index is 12.1. The number of carbonyl (C=O) groups is 1. The number of nitrogens with zero attached hydrogens (tertiary/aromatic N) is 2. The Morgan fingerprint density at radius 2 is 2.19 bits per heavy atom. The van der Waals surface area contributed by atoms with Gasteiger partial charge in [0, 0.05) is 30.9 Å². The molecule has 1 aromatic heterocycles. The number of hydrogen-bond acceptors (Lipinski definition) is 5. The molecule has 1 fully saturated rings. The number of nitrogens with two attached hydrogens (primary N) is 1. The molecule has 0 spiro atoms. The van der Waals surface area contributed by atoms with Crippen LogP contribution < -0.4 is 11.1 Å². The average Bonchev–Trinajstić information content (AvgIpc) is 2.83. The van der Waals surface area contributed by atoms with Crippen LogP contribution in [0.1, 0.15) is 29.4 Å². The van der Waals surface area contributed by atoms with Gasteiger partial charge in [-0.2, -0.15) is 5.10 Å². The largest absolute Gasteiger partial charge is 0.379 e. The van der Waals surface area contributed by atoms with E-state index in [1.54, 1.807) is 0 Å². The van der Waals surface area contributed by atoms with Crippen molar-refractivity contribution in [1.29, 1.82) is 0 Å². The Kier molecular flexibility index (Phi) is 5.72. The van der Waals surface area contributed by atoms with E-state index in [1.165, 1.54) is 0 Å². The predicted octanol–water partition coefficient (Wildman–Crippen LogP) is -0.135. The van der Waals surface area contributed by atoms with Gasteiger partial charge >= 0.3 is 0 Å². The van der Waals surface area contributed by atoms with Crippen LogP contribution in [-0.2, 0) is 9.53 Å². The van der Waals surface area contributed by atoms with Crippen molar-refractivity contribution in [3.63, 3.8) is 0 Å². The molecule has 2 rings (SSSR count). The summed E-state index contributed by atoms with van der Waals surface area (Å²) in [6.45, 7) is 8.89. The number of morpholine rings is 1. The Morgan fingerprint density at radius 1 is 1.48 bits per heavy atom. The Labute approximate surface area is 125 Å². The van der Waals surface area contributed by atoms with Gasteiger partial charge in [0.15, 0.2) is 0 Å². The molecule has 7 heteroatoms. The third-order valence-electron chi connectivity index (χ3n) is 3.83. The maximum Gasteiger partial charge on any atom is 0.241 e. The number of aromatic amines is 1. The number of H-pyrrole nitrogens is 1. The Balaban J connectivity index is 1.71. The van der Waals surface area contributed by atoms with Crippen LogP contribution in [0.15, 0.2) is 0 Å². The van der Waals surface area contributed by atoms with Crippen molar-refractivity contribution in [1.82, 2.24) is 20.4 Å². The van der Waals surface area contributed by atoms with Gasteiger partial charge < -0.3 is 15.8 Å². The molecule has 1 aliphatic heterocycles. The first kappa shape index (κ1) is 15.9. The van der Waals surface area contributed by atoms with E-state index in [9.17, 15) is 4.79 Å². The smallest absolute Gasteiger partial charge is 0.241 e. The summed E-state index contributed by atoms with van der Waals surface area (Å²) in [6, 6.07) is -0.660. The molecule has 1 aromatic rings. The maximum atomic E-state index is 12.1. The Bertz CT molecular complexity index is 448. The highest BCUT2D eigenvalue weighted by Gasteiger charge is 2.21. The van der Waals surface area contributed by atoms with Gasteiger partial charge in [-0.15, -0.1) is 0 Å². The third kappa shape index (κ3) is 4.26. The molecular weight excluding hydrogens is 270 g/mol. The number of nitrogens with one attached hydrogen (secondary N) is 2. The fourth-order valence-corrected chi connectivity index (χ4v) is 2.60. The number of hydrogen-bond donors (Lipinski definition) is 3. The van der Waals surface area contributed by atoms with Crippen LogP contribution in [0.25, 0.3) is 0 Å². The number of rotatable bonds is 6. The van der Waals surface area contributed by atoms with E-state index < -0.39 is 6.04 Å². The van der Waals surface area contributed by atoms with Gasteiger partial charge in [0.1, 0.15) is 6.04 Å². The van der Waals surface area contributed by atoms with Gasteiger partial charge in [0.2, 0.25) is 5.91 Å². The zero-order chi connectivity index (χ0) is 15.2. The molecule has 1 unspecified atom stereocenters. The molecule has 1 saturated heterocycles. The van der Waals surface area contributed by atoms with Crippen LogP contribution in [0.4, 0.5) is 0 Å². The summed E-state index contributed by atoms with van der Waals surface area (Å²) in [5, 5.41) is 9.83. The van der Waals surface area contributed by atoms with Crippen molar-refractivity contribution in [3.8, 4) is 0 Å². The van der Waals surface area contributed by atoms with E-state index in [2.05, 4.69) is 20.4 Å². The van der Waals surface area contributed by atoms with Gasteiger partial charge in [0.05, 0.1) is 18.9 Å². The second kappa shape index (κ2) is 7.53. The van der Waals surface area contributed by atoms with Crippen LogP contribution in [0, 0.1) is 13.8 Å². The van der Waals surface area contributed by atoms with Crippen molar-refractivity contribution in [2.45, 2.75) is 26.3 Å². The topological polar surface area (TPSA) is 96.3 Å². The summed E-state index contributed by atoms with van der Waals surface area (Å²) in [6.07, 6.45) is 0.918. The molecule has 1 aliphatic rings. The lowest BCUT2D eigenvalue weighted by molar-refractivity contribution is -0.122. The second-order valence-corrected chi connectivity index (χ2v) is 5.42. The van der Waals surface area contributed by atoms with Crippen LogP contribution in [-0.4, -0.2) is 60.4 Å². The number of carbonyl (C=O) groups excluding carboxylic acids is 1. The molecule has 0 radical (unpaired) electrons. The molecule has 1 atom stereocenters. The number of aryl methyl sites for hydroxylation is 2. The van der Waals surface area contributed by atoms with Gasteiger partial charge in [0.25, 0.3) is 0 Å². The highest BCUT2D eigenvalue weighted by atomic mass is 16.5. The highest BCUT2D eigenvalue weighted by molar-refractivity contribution is 5.83. The van der Waals surface area contributed by atoms with Crippen LogP contribution in [0.5, 0.6) is 0 Å². The molecule has 0 aliphatic carbocycles. The van der Waals surface area contributed by atoms with Gasteiger partial charge in [-0.05, 0) is 26.8 Å². The second-order valence-electron chi connectivity index (χ2n) is 5.42. The number of amides is 1. The minimum atomic E-state index is -0.660. The molecule has 0 bridgehead atoms. The molecule has 21 heavy (non-hydrogen) atoms. The number of aromatic nitrogens is 2. The van der Waals surface area contributed by atoms with Crippen LogP contribution in [0.3, 0.4) is 0 Å². The van der Waals surface area contributed by atoms with Gasteiger partial charge in [-0.3, -0.25) is 14.8 Å². The summed E-state index contributed by atoms with van der Waals surface area (Å²) < 4.78 is 5.30. The van der Waals surface area contributed by atoms with E-state index >= 15 is 0 Å². The van der Waals surface area contributed by atoms with Crippen LogP contribution >= 0.6 is 0 Å². The van der Waals surface area contributed by atoms with E-state index in [1.807, 2.05) is 13.8 Å². The zero-order valence-corrected chi connectivity index (χ0v) is 12.8.